The topological polar surface area (TPSA) is 63.2 Å². The number of aromatic amines is 1. The number of hydrogen-bond donors (Lipinski definition) is 1. The van der Waals surface area contributed by atoms with E-state index in [0.29, 0.717) is 15.7 Å². The summed E-state index contributed by atoms with van der Waals surface area (Å²) in [5.41, 5.74) is 3.62. The van der Waals surface area contributed by atoms with Crippen molar-refractivity contribution in [3.63, 3.8) is 0 Å². The number of benzene rings is 2. The first kappa shape index (κ1) is 19.7. The van der Waals surface area contributed by atoms with E-state index in [1.807, 2.05) is 79.0 Å². The molecule has 30 heavy (non-hydrogen) atoms. The molecule has 6 nitrogen and oxygen atoms in total. The van der Waals surface area contributed by atoms with Gasteiger partial charge in [-0.1, -0.05) is 18.7 Å². The molecule has 0 aliphatic heterocycles. The average molecular weight is 419 g/mol. The minimum atomic E-state index is -0.174. The van der Waals surface area contributed by atoms with Gasteiger partial charge in [-0.25, -0.2) is 4.98 Å². The lowest BCUT2D eigenvalue weighted by Crippen LogP contribution is -2.33. The third-order valence-electron chi connectivity index (χ3n) is 4.80. The molecule has 152 valence electrons. The summed E-state index contributed by atoms with van der Waals surface area (Å²) in [4.78, 5) is 19.7. The number of nitrogens with zero attached hydrogens (tertiary/aromatic N) is 3. The van der Waals surface area contributed by atoms with Gasteiger partial charge in [0, 0.05) is 30.7 Å². The monoisotopic (exact) mass is 418 g/mol. The van der Waals surface area contributed by atoms with E-state index in [1.165, 1.54) is 16.0 Å². The molecule has 0 radical (unpaired) electrons. The fourth-order valence-corrected chi connectivity index (χ4v) is 3.87. The molecule has 0 fully saturated rings. The molecule has 0 spiro atoms. The summed E-state index contributed by atoms with van der Waals surface area (Å²) in [6, 6.07) is 15.7. The van der Waals surface area contributed by atoms with Crippen LogP contribution in [0.15, 0.2) is 58.7 Å². The van der Waals surface area contributed by atoms with Crippen LogP contribution in [-0.2, 0) is 0 Å². The van der Waals surface area contributed by atoms with Gasteiger partial charge in [0.05, 0.1) is 23.4 Å². The molecule has 0 amide bonds. The standard InChI is InChI=1S/C23H22N4O2S/c1-15-20(13-16-5-9-18(10-6-16)26(2)3)22(28)27(25-15)23-24-21(14-30-23)17-7-11-19(29-4)12-8-17/h5-14,25H,1H2,2-4H3/b20-13-. The number of nitrogens with one attached hydrogen (secondary N) is 1. The molecule has 1 N–H and O–H groups in total. The molecule has 7 heteroatoms. The van der Waals surface area contributed by atoms with Crippen LogP contribution >= 0.6 is 11.3 Å². The van der Waals surface area contributed by atoms with Gasteiger partial charge in [0.1, 0.15) is 5.75 Å². The fourth-order valence-electron chi connectivity index (χ4n) is 3.08. The van der Waals surface area contributed by atoms with Crippen LogP contribution in [0.3, 0.4) is 0 Å². The molecule has 2 aromatic heterocycles. The molecule has 2 aromatic carbocycles. The second kappa shape index (κ2) is 8.04. The van der Waals surface area contributed by atoms with Crippen molar-refractivity contribution in [3.05, 3.63) is 80.4 Å². The van der Waals surface area contributed by atoms with E-state index in [0.717, 1.165) is 28.3 Å². The van der Waals surface area contributed by atoms with E-state index < -0.39 is 0 Å². The molecule has 0 atom stereocenters. The Labute approximate surface area is 178 Å². The number of ether oxygens (including phenoxy) is 1. The van der Waals surface area contributed by atoms with E-state index in [1.54, 1.807) is 7.11 Å². The molecule has 0 saturated carbocycles. The molecule has 4 rings (SSSR count). The maximum Gasteiger partial charge on any atom is 0.281 e. The molecular formula is C23H22N4O2S. The Bertz CT molecular complexity index is 1330. The lowest BCUT2D eigenvalue weighted by Gasteiger charge is -2.11. The van der Waals surface area contributed by atoms with Crippen molar-refractivity contribution >= 4 is 29.7 Å². The predicted molar refractivity (Wildman–Crippen MR) is 123 cm³/mol. The number of rotatable bonds is 5. The second-order valence-electron chi connectivity index (χ2n) is 7.02. The molecule has 0 unspecified atom stereocenters. The van der Waals surface area contributed by atoms with Gasteiger partial charge >= 0.3 is 0 Å². The summed E-state index contributed by atoms with van der Waals surface area (Å²) >= 11 is 1.40. The zero-order chi connectivity index (χ0) is 21.3. The second-order valence-corrected chi connectivity index (χ2v) is 7.86. The lowest BCUT2D eigenvalue weighted by molar-refractivity contribution is 0.415. The van der Waals surface area contributed by atoms with Crippen molar-refractivity contribution in [2.24, 2.45) is 0 Å². The minimum Gasteiger partial charge on any atom is -0.497 e. The van der Waals surface area contributed by atoms with E-state index in [2.05, 4.69) is 16.7 Å². The van der Waals surface area contributed by atoms with Crippen LogP contribution < -0.4 is 25.8 Å². The lowest BCUT2D eigenvalue weighted by atomic mass is 10.1. The zero-order valence-corrected chi connectivity index (χ0v) is 17.9. The molecule has 0 aliphatic rings. The molecule has 4 aromatic rings. The average Bonchev–Trinajstić information content (AvgIpc) is 3.35. The highest BCUT2D eigenvalue weighted by atomic mass is 32.1. The third-order valence-corrected chi connectivity index (χ3v) is 5.62. The van der Waals surface area contributed by atoms with E-state index in [9.17, 15) is 4.79 Å². The Morgan fingerprint density at radius 2 is 1.83 bits per heavy atom. The Kier molecular flexibility index (Phi) is 5.29. The number of methoxy groups -OCH3 is 1. The van der Waals surface area contributed by atoms with Crippen molar-refractivity contribution in [2.45, 2.75) is 0 Å². The summed E-state index contributed by atoms with van der Waals surface area (Å²) in [6.07, 6.45) is 1.84. The number of H-pyrrole nitrogens is 1. The van der Waals surface area contributed by atoms with Crippen LogP contribution in [0, 0.1) is 0 Å². The molecule has 0 saturated heterocycles. The molecular weight excluding hydrogens is 396 g/mol. The fraction of sp³-hybridized carbons (Fsp3) is 0.130. The molecule has 2 heterocycles. The number of anilines is 1. The normalized spacial score (nSPS) is 11.6. The minimum absolute atomic E-state index is 0.174. The summed E-state index contributed by atoms with van der Waals surface area (Å²) in [5, 5.41) is 6.61. The van der Waals surface area contributed by atoms with Crippen LogP contribution in [0.4, 0.5) is 5.69 Å². The Morgan fingerprint density at radius 1 is 1.13 bits per heavy atom. The molecule has 0 aliphatic carbocycles. The number of aromatic nitrogens is 3. The van der Waals surface area contributed by atoms with Crippen LogP contribution in [-0.4, -0.2) is 36.0 Å². The first-order valence-electron chi connectivity index (χ1n) is 9.35. The van der Waals surface area contributed by atoms with Crippen LogP contribution in [0.1, 0.15) is 5.56 Å². The van der Waals surface area contributed by atoms with Gasteiger partial charge in [0.15, 0.2) is 0 Å². The smallest absolute Gasteiger partial charge is 0.281 e. The van der Waals surface area contributed by atoms with E-state index in [4.69, 9.17) is 4.74 Å². The maximum absolute atomic E-state index is 13.0. The third kappa shape index (κ3) is 3.79. The summed E-state index contributed by atoms with van der Waals surface area (Å²) in [6.45, 7) is 4.00. The van der Waals surface area contributed by atoms with Crippen LogP contribution in [0.25, 0.3) is 29.0 Å². The largest absolute Gasteiger partial charge is 0.497 e. The van der Waals surface area contributed by atoms with Crippen molar-refractivity contribution < 1.29 is 4.74 Å². The van der Waals surface area contributed by atoms with E-state index in [-0.39, 0.29) is 5.56 Å². The zero-order valence-electron chi connectivity index (χ0n) is 17.0. The highest BCUT2D eigenvalue weighted by Gasteiger charge is 2.11. The van der Waals surface area contributed by atoms with Gasteiger partial charge in [0.25, 0.3) is 5.56 Å². The van der Waals surface area contributed by atoms with Gasteiger partial charge < -0.3 is 9.64 Å². The maximum atomic E-state index is 13.0. The van der Waals surface area contributed by atoms with Gasteiger partial charge in [0.2, 0.25) is 5.13 Å². The van der Waals surface area contributed by atoms with Crippen molar-refractivity contribution in [1.29, 1.82) is 0 Å². The van der Waals surface area contributed by atoms with E-state index >= 15 is 0 Å². The van der Waals surface area contributed by atoms with Gasteiger partial charge in [-0.15, -0.1) is 11.3 Å². The first-order chi connectivity index (χ1) is 14.5. The Hall–Kier alpha value is -3.58. The van der Waals surface area contributed by atoms with Gasteiger partial charge in [-0.05, 0) is 48.0 Å². The van der Waals surface area contributed by atoms with Crippen LogP contribution in [0.5, 0.6) is 5.75 Å². The van der Waals surface area contributed by atoms with Crippen molar-refractivity contribution in [3.8, 4) is 22.1 Å². The Morgan fingerprint density at radius 3 is 2.47 bits per heavy atom. The highest BCUT2D eigenvalue weighted by Crippen LogP contribution is 2.24. The van der Waals surface area contributed by atoms with Gasteiger partial charge in [-0.3, -0.25) is 9.89 Å². The quantitative estimate of drug-likeness (QED) is 0.541. The van der Waals surface area contributed by atoms with Crippen LogP contribution in [0.2, 0.25) is 0 Å². The first-order valence-corrected chi connectivity index (χ1v) is 10.2. The summed E-state index contributed by atoms with van der Waals surface area (Å²) in [7, 11) is 5.62. The molecule has 0 bridgehead atoms. The Balaban J connectivity index is 1.69. The van der Waals surface area contributed by atoms with Crippen molar-refractivity contribution in [2.75, 3.05) is 26.1 Å². The highest BCUT2D eigenvalue weighted by molar-refractivity contribution is 7.12. The number of hydrogen-bond acceptors (Lipinski definition) is 5. The summed E-state index contributed by atoms with van der Waals surface area (Å²) < 4.78 is 6.64. The van der Waals surface area contributed by atoms with Gasteiger partial charge in [-0.2, -0.15) is 4.68 Å². The van der Waals surface area contributed by atoms with Crippen molar-refractivity contribution in [1.82, 2.24) is 14.8 Å². The number of thiazole rings is 1. The SMILES string of the molecule is C=c1[nH]n(-c2nc(-c3ccc(OC)cc3)cs2)c(=O)/c1=C\c1ccc(N(C)C)cc1. The predicted octanol–water partition coefficient (Wildman–Crippen LogP) is 2.60. The summed E-state index contributed by atoms with van der Waals surface area (Å²) in [5.74, 6) is 0.787.